The first-order valence-electron chi connectivity index (χ1n) is 6.21. The van der Waals surface area contributed by atoms with E-state index in [1.54, 1.807) is 0 Å². The molecule has 0 saturated heterocycles. The fourth-order valence-electron chi connectivity index (χ4n) is 1.75. The van der Waals surface area contributed by atoms with Gasteiger partial charge in [-0.05, 0) is 36.9 Å². The van der Waals surface area contributed by atoms with E-state index in [0.717, 1.165) is 6.07 Å². The highest BCUT2D eigenvalue weighted by atomic mass is 19.1. The Morgan fingerprint density at radius 3 is 2.58 bits per heavy atom. The molecule has 19 heavy (non-hydrogen) atoms. The first-order chi connectivity index (χ1) is 8.78. The van der Waals surface area contributed by atoms with Gasteiger partial charge in [0.1, 0.15) is 17.2 Å². The molecule has 1 amide bonds. The fourth-order valence-corrected chi connectivity index (χ4v) is 1.75. The molecule has 106 valence electrons. The highest BCUT2D eigenvalue weighted by Gasteiger charge is 2.22. The number of rotatable bonds is 5. The number of hydrogen-bond donors (Lipinski definition) is 2. The summed E-state index contributed by atoms with van der Waals surface area (Å²) in [5, 5.41) is 2.56. The van der Waals surface area contributed by atoms with Crippen LogP contribution in [0, 0.1) is 24.0 Å². The number of carbonyl (C=O) groups is 1. The van der Waals surface area contributed by atoms with Crippen LogP contribution >= 0.6 is 0 Å². The van der Waals surface area contributed by atoms with Gasteiger partial charge in [0.05, 0.1) is 0 Å². The number of hydrogen-bond acceptors (Lipinski definition) is 2. The molecule has 3 N–H and O–H groups in total. The van der Waals surface area contributed by atoms with Crippen molar-refractivity contribution < 1.29 is 13.6 Å². The standard InChI is InChI=1S/C14H20F2N2O/c1-9-4-5-10(15)11(12(9)16)13(19)18-8-14(2,3)6-7-17/h4-5H,6-8,17H2,1-3H3,(H,18,19). The van der Waals surface area contributed by atoms with Gasteiger partial charge in [0.15, 0.2) is 0 Å². The zero-order valence-corrected chi connectivity index (χ0v) is 11.5. The number of amides is 1. The summed E-state index contributed by atoms with van der Waals surface area (Å²) in [5.74, 6) is -2.39. The fraction of sp³-hybridized carbons (Fsp3) is 0.500. The minimum Gasteiger partial charge on any atom is -0.351 e. The Labute approximate surface area is 112 Å². The number of benzene rings is 1. The second-order valence-electron chi connectivity index (χ2n) is 5.44. The lowest BCUT2D eigenvalue weighted by Gasteiger charge is -2.24. The number of halogens is 2. The van der Waals surface area contributed by atoms with Crippen LogP contribution < -0.4 is 11.1 Å². The number of carbonyl (C=O) groups excluding carboxylic acids is 1. The summed E-state index contributed by atoms with van der Waals surface area (Å²) in [6.07, 6.45) is 0.714. The lowest BCUT2D eigenvalue weighted by atomic mass is 9.89. The molecule has 0 aromatic heterocycles. The molecule has 0 aliphatic carbocycles. The van der Waals surface area contributed by atoms with Crippen LogP contribution in [0.25, 0.3) is 0 Å². The van der Waals surface area contributed by atoms with Gasteiger partial charge in [0.2, 0.25) is 0 Å². The van der Waals surface area contributed by atoms with Crippen molar-refractivity contribution in [3.05, 3.63) is 34.9 Å². The van der Waals surface area contributed by atoms with Gasteiger partial charge in [-0.25, -0.2) is 8.78 Å². The summed E-state index contributed by atoms with van der Waals surface area (Å²) in [6.45, 7) is 6.17. The van der Waals surface area contributed by atoms with Crippen molar-refractivity contribution in [1.29, 1.82) is 0 Å². The molecular formula is C14H20F2N2O. The summed E-state index contributed by atoms with van der Waals surface area (Å²) < 4.78 is 27.3. The third kappa shape index (κ3) is 3.99. The van der Waals surface area contributed by atoms with Crippen LogP contribution in [0.1, 0.15) is 36.2 Å². The summed E-state index contributed by atoms with van der Waals surface area (Å²) in [4.78, 5) is 11.9. The third-order valence-electron chi connectivity index (χ3n) is 3.06. The molecule has 0 unspecified atom stereocenters. The van der Waals surface area contributed by atoms with Gasteiger partial charge >= 0.3 is 0 Å². The van der Waals surface area contributed by atoms with Crippen LogP contribution in [-0.2, 0) is 0 Å². The molecule has 0 radical (unpaired) electrons. The molecule has 5 heteroatoms. The quantitative estimate of drug-likeness (QED) is 0.863. The van der Waals surface area contributed by atoms with Crippen molar-refractivity contribution in [1.82, 2.24) is 5.32 Å². The predicted octanol–water partition coefficient (Wildman–Crippen LogP) is 2.38. The maximum atomic E-state index is 13.8. The van der Waals surface area contributed by atoms with Crippen LogP contribution in [0.4, 0.5) is 8.78 Å². The molecule has 0 heterocycles. The van der Waals surface area contributed by atoms with Gasteiger partial charge in [-0.1, -0.05) is 19.9 Å². The Hall–Kier alpha value is -1.49. The Balaban J connectivity index is 2.83. The molecule has 0 spiro atoms. The van der Waals surface area contributed by atoms with Crippen LogP contribution in [0.15, 0.2) is 12.1 Å². The number of nitrogens with one attached hydrogen (secondary N) is 1. The molecule has 0 fully saturated rings. The summed E-state index contributed by atoms with van der Waals surface area (Å²) in [5.41, 5.74) is 4.98. The van der Waals surface area contributed by atoms with Gasteiger partial charge < -0.3 is 11.1 Å². The topological polar surface area (TPSA) is 55.1 Å². The van der Waals surface area contributed by atoms with Gasteiger partial charge in [-0.15, -0.1) is 0 Å². The summed E-state index contributed by atoms with van der Waals surface area (Å²) in [6, 6.07) is 2.40. The van der Waals surface area contributed by atoms with Gasteiger partial charge in [-0.3, -0.25) is 4.79 Å². The van der Waals surface area contributed by atoms with Gasteiger partial charge in [-0.2, -0.15) is 0 Å². The minimum absolute atomic E-state index is 0.207. The average molecular weight is 270 g/mol. The van der Waals surface area contributed by atoms with Crippen molar-refractivity contribution in [3.8, 4) is 0 Å². The summed E-state index contributed by atoms with van der Waals surface area (Å²) in [7, 11) is 0. The molecule has 0 aliphatic heterocycles. The van der Waals surface area contributed by atoms with Crippen molar-refractivity contribution in [2.75, 3.05) is 13.1 Å². The van der Waals surface area contributed by atoms with E-state index in [2.05, 4.69) is 5.32 Å². The van der Waals surface area contributed by atoms with E-state index >= 15 is 0 Å². The minimum atomic E-state index is -0.850. The largest absolute Gasteiger partial charge is 0.351 e. The highest BCUT2D eigenvalue weighted by molar-refractivity contribution is 5.95. The van der Waals surface area contributed by atoms with Gasteiger partial charge in [0.25, 0.3) is 5.91 Å². The molecule has 1 aromatic rings. The Morgan fingerprint density at radius 1 is 1.37 bits per heavy atom. The Kier molecular flexibility index (Phi) is 5.00. The van der Waals surface area contributed by atoms with E-state index in [-0.39, 0.29) is 11.0 Å². The van der Waals surface area contributed by atoms with Crippen molar-refractivity contribution in [3.63, 3.8) is 0 Å². The van der Waals surface area contributed by atoms with E-state index in [0.29, 0.717) is 19.5 Å². The predicted molar refractivity (Wildman–Crippen MR) is 70.9 cm³/mol. The molecule has 0 saturated carbocycles. The Morgan fingerprint density at radius 2 is 2.00 bits per heavy atom. The van der Waals surface area contributed by atoms with Crippen molar-refractivity contribution in [2.45, 2.75) is 27.2 Å². The lowest BCUT2D eigenvalue weighted by Crippen LogP contribution is -2.36. The molecule has 3 nitrogen and oxygen atoms in total. The van der Waals surface area contributed by atoms with Crippen molar-refractivity contribution >= 4 is 5.91 Å². The maximum absolute atomic E-state index is 13.8. The number of aryl methyl sites for hydroxylation is 1. The molecule has 1 aromatic carbocycles. The first kappa shape index (κ1) is 15.6. The smallest absolute Gasteiger partial charge is 0.257 e. The second kappa shape index (κ2) is 6.10. The van der Waals surface area contributed by atoms with E-state index < -0.39 is 23.1 Å². The van der Waals surface area contributed by atoms with Crippen LogP contribution in [-0.4, -0.2) is 19.0 Å². The first-order valence-corrected chi connectivity index (χ1v) is 6.21. The van der Waals surface area contributed by atoms with Crippen LogP contribution in [0.3, 0.4) is 0 Å². The summed E-state index contributed by atoms with van der Waals surface area (Å²) >= 11 is 0. The second-order valence-corrected chi connectivity index (χ2v) is 5.44. The molecular weight excluding hydrogens is 250 g/mol. The van der Waals surface area contributed by atoms with Crippen molar-refractivity contribution in [2.24, 2.45) is 11.1 Å². The molecule has 0 bridgehead atoms. The van der Waals surface area contributed by atoms with E-state index in [4.69, 9.17) is 5.73 Å². The maximum Gasteiger partial charge on any atom is 0.257 e. The lowest BCUT2D eigenvalue weighted by molar-refractivity contribution is 0.0926. The molecule has 1 rings (SSSR count). The Bertz CT molecular complexity index is 473. The molecule has 0 aliphatic rings. The van der Waals surface area contributed by atoms with Crippen LogP contribution in [0.2, 0.25) is 0 Å². The van der Waals surface area contributed by atoms with E-state index in [9.17, 15) is 13.6 Å². The van der Waals surface area contributed by atoms with E-state index in [1.807, 2.05) is 13.8 Å². The molecule has 0 atom stereocenters. The van der Waals surface area contributed by atoms with E-state index in [1.165, 1.54) is 13.0 Å². The van der Waals surface area contributed by atoms with Crippen LogP contribution in [0.5, 0.6) is 0 Å². The third-order valence-corrected chi connectivity index (χ3v) is 3.06. The SMILES string of the molecule is Cc1ccc(F)c(C(=O)NCC(C)(C)CCN)c1F. The highest BCUT2D eigenvalue weighted by Crippen LogP contribution is 2.19. The number of nitrogens with two attached hydrogens (primary N) is 1. The normalized spacial score (nSPS) is 11.5. The zero-order valence-electron chi connectivity index (χ0n) is 11.5. The zero-order chi connectivity index (χ0) is 14.6. The average Bonchev–Trinajstić information content (AvgIpc) is 2.32. The van der Waals surface area contributed by atoms with Gasteiger partial charge in [0, 0.05) is 6.54 Å². The monoisotopic (exact) mass is 270 g/mol.